The van der Waals surface area contributed by atoms with E-state index in [-0.39, 0.29) is 23.7 Å². The first-order valence-corrected chi connectivity index (χ1v) is 6.62. The van der Waals surface area contributed by atoms with Crippen molar-refractivity contribution in [2.24, 2.45) is 5.41 Å². The number of hydrogen-bond acceptors (Lipinski definition) is 2. The maximum atomic E-state index is 12.0. The SMILES string of the molecule is CCC(C)(C)C(=O)NCc1ccc2c(c1)CNC2.Cl. The van der Waals surface area contributed by atoms with Crippen molar-refractivity contribution in [1.29, 1.82) is 0 Å². The number of hydrogen-bond donors (Lipinski definition) is 2. The summed E-state index contributed by atoms with van der Waals surface area (Å²) < 4.78 is 0. The summed E-state index contributed by atoms with van der Waals surface area (Å²) in [7, 11) is 0. The van der Waals surface area contributed by atoms with Gasteiger partial charge in [-0.1, -0.05) is 39.0 Å². The van der Waals surface area contributed by atoms with E-state index in [0.717, 1.165) is 19.5 Å². The molecule has 1 aromatic carbocycles. The molecule has 106 valence electrons. The molecule has 0 saturated heterocycles. The van der Waals surface area contributed by atoms with E-state index in [9.17, 15) is 4.79 Å². The highest BCUT2D eigenvalue weighted by molar-refractivity contribution is 5.85. The van der Waals surface area contributed by atoms with Gasteiger partial charge in [0.1, 0.15) is 0 Å². The van der Waals surface area contributed by atoms with Gasteiger partial charge in [0.05, 0.1) is 0 Å². The van der Waals surface area contributed by atoms with E-state index < -0.39 is 0 Å². The van der Waals surface area contributed by atoms with Crippen LogP contribution >= 0.6 is 12.4 Å². The Labute approximate surface area is 121 Å². The van der Waals surface area contributed by atoms with Gasteiger partial charge in [0.25, 0.3) is 0 Å². The van der Waals surface area contributed by atoms with E-state index in [4.69, 9.17) is 0 Å². The molecule has 0 aliphatic carbocycles. The van der Waals surface area contributed by atoms with Crippen LogP contribution < -0.4 is 10.6 Å². The second-order valence-corrected chi connectivity index (χ2v) is 5.63. The Bertz CT molecular complexity index is 457. The van der Waals surface area contributed by atoms with Crippen molar-refractivity contribution in [3.8, 4) is 0 Å². The standard InChI is InChI=1S/C15H22N2O.ClH/c1-4-15(2,3)14(18)17-8-11-5-6-12-9-16-10-13(12)7-11;/h5-7,16H,4,8-10H2,1-3H3,(H,17,18);1H. The number of halogens is 1. The molecule has 0 aromatic heterocycles. The molecular formula is C15H23ClN2O. The molecule has 0 atom stereocenters. The predicted molar refractivity (Wildman–Crippen MR) is 80.2 cm³/mol. The number of carbonyl (C=O) groups is 1. The molecular weight excluding hydrogens is 260 g/mol. The molecule has 0 bridgehead atoms. The van der Waals surface area contributed by atoms with Gasteiger partial charge < -0.3 is 10.6 Å². The Morgan fingerprint density at radius 2 is 2.00 bits per heavy atom. The Kier molecular flexibility index (Phi) is 5.39. The van der Waals surface area contributed by atoms with Gasteiger partial charge in [0.15, 0.2) is 0 Å². The van der Waals surface area contributed by atoms with Crippen LogP contribution in [0.15, 0.2) is 18.2 Å². The quantitative estimate of drug-likeness (QED) is 0.892. The fourth-order valence-corrected chi connectivity index (χ4v) is 2.04. The van der Waals surface area contributed by atoms with Crippen molar-refractivity contribution in [2.75, 3.05) is 0 Å². The smallest absolute Gasteiger partial charge is 0.225 e. The molecule has 1 aliphatic rings. The molecule has 4 heteroatoms. The highest BCUT2D eigenvalue weighted by atomic mass is 35.5. The van der Waals surface area contributed by atoms with Crippen molar-refractivity contribution in [2.45, 2.75) is 46.8 Å². The van der Waals surface area contributed by atoms with E-state index in [1.54, 1.807) is 0 Å². The number of amides is 1. The molecule has 0 unspecified atom stereocenters. The molecule has 0 fully saturated rings. The Morgan fingerprint density at radius 3 is 2.68 bits per heavy atom. The summed E-state index contributed by atoms with van der Waals surface area (Å²) in [5.74, 6) is 0.128. The van der Waals surface area contributed by atoms with Crippen LogP contribution in [0.4, 0.5) is 0 Å². The van der Waals surface area contributed by atoms with Crippen LogP contribution in [0.25, 0.3) is 0 Å². The van der Waals surface area contributed by atoms with Gasteiger partial charge in [-0.3, -0.25) is 4.79 Å². The summed E-state index contributed by atoms with van der Waals surface area (Å²) in [6.07, 6.45) is 0.854. The third-order valence-electron chi connectivity index (χ3n) is 3.85. The lowest BCUT2D eigenvalue weighted by Crippen LogP contribution is -2.36. The minimum Gasteiger partial charge on any atom is -0.352 e. The molecule has 2 N–H and O–H groups in total. The highest BCUT2D eigenvalue weighted by Crippen LogP contribution is 2.20. The first-order chi connectivity index (χ1) is 8.53. The molecule has 1 heterocycles. The van der Waals surface area contributed by atoms with Crippen molar-refractivity contribution in [3.63, 3.8) is 0 Å². The summed E-state index contributed by atoms with van der Waals surface area (Å²) in [5.41, 5.74) is 3.63. The van der Waals surface area contributed by atoms with E-state index in [1.165, 1.54) is 16.7 Å². The van der Waals surface area contributed by atoms with Crippen LogP contribution in [-0.2, 0) is 24.4 Å². The number of carbonyl (C=O) groups excluding carboxylic acids is 1. The number of benzene rings is 1. The zero-order valence-electron chi connectivity index (χ0n) is 11.9. The zero-order valence-corrected chi connectivity index (χ0v) is 12.7. The van der Waals surface area contributed by atoms with Gasteiger partial charge >= 0.3 is 0 Å². The second kappa shape index (κ2) is 6.40. The largest absolute Gasteiger partial charge is 0.352 e. The Balaban J connectivity index is 0.00000180. The lowest BCUT2D eigenvalue weighted by atomic mass is 9.89. The topological polar surface area (TPSA) is 41.1 Å². The van der Waals surface area contributed by atoms with Crippen LogP contribution in [0.5, 0.6) is 0 Å². The van der Waals surface area contributed by atoms with Crippen molar-refractivity contribution in [3.05, 3.63) is 34.9 Å². The molecule has 1 aromatic rings. The summed E-state index contributed by atoms with van der Waals surface area (Å²) >= 11 is 0. The third kappa shape index (κ3) is 3.71. The highest BCUT2D eigenvalue weighted by Gasteiger charge is 2.24. The number of nitrogens with one attached hydrogen (secondary N) is 2. The molecule has 19 heavy (non-hydrogen) atoms. The normalized spacial score (nSPS) is 13.6. The van der Waals surface area contributed by atoms with Crippen LogP contribution in [0.3, 0.4) is 0 Å². The van der Waals surface area contributed by atoms with E-state index in [2.05, 4.69) is 28.8 Å². The average molecular weight is 283 g/mol. The summed E-state index contributed by atoms with van der Waals surface area (Å²) in [4.78, 5) is 12.0. The van der Waals surface area contributed by atoms with Crippen molar-refractivity contribution < 1.29 is 4.79 Å². The van der Waals surface area contributed by atoms with Crippen LogP contribution in [0.1, 0.15) is 43.9 Å². The first kappa shape index (κ1) is 16.0. The van der Waals surface area contributed by atoms with Gasteiger partial charge in [-0.15, -0.1) is 12.4 Å². The molecule has 2 rings (SSSR count). The van der Waals surface area contributed by atoms with E-state index >= 15 is 0 Å². The fourth-order valence-electron chi connectivity index (χ4n) is 2.04. The second-order valence-electron chi connectivity index (χ2n) is 5.63. The van der Waals surface area contributed by atoms with Gasteiger partial charge in [0.2, 0.25) is 5.91 Å². The maximum absolute atomic E-state index is 12.0. The summed E-state index contributed by atoms with van der Waals surface area (Å²) in [6.45, 7) is 8.53. The van der Waals surface area contributed by atoms with Gasteiger partial charge in [-0.05, 0) is 23.1 Å². The zero-order chi connectivity index (χ0) is 13.2. The van der Waals surface area contributed by atoms with Gasteiger partial charge in [0, 0.05) is 25.0 Å². The molecule has 0 radical (unpaired) electrons. The summed E-state index contributed by atoms with van der Waals surface area (Å²) in [5, 5.41) is 6.35. The molecule has 0 saturated carbocycles. The minimum absolute atomic E-state index is 0. The average Bonchev–Trinajstić information content (AvgIpc) is 2.83. The predicted octanol–water partition coefficient (Wildman–Crippen LogP) is 2.76. The van der Waals surface area contributed by atoms with Crippen molar-refractivity contribution in [1.82, 2.24) is 10.6 Å². The monoisotopic (exact) mass is 282 g/mol. The molecule has 3 nitrogen and oxygen atoms in total. The summed E-state index contributed by atoms with van der Waals surface area (Å²) in [6, 6.07) is 6.45. The van der Waals surface area contributed by atoms with E-state index in [1.807, 2.05) is 20.8 Å². The fraction of sp³-hybridized carbons (Fsp3) is 0.533. The lowest BCUT2D eigenvalue weighted by Gasteiger charge is -2.21. The Morgan fingerprint density at radius 1 is 1.32 bits per heavy atom. The van der Waals surface area contributed by atoms with Crippen LogP contribution in [0.2, 0.25) is 0 Å². The third-order valence-corrected chi connectivity index (χ3v) is 3.85. The maximum Gasteiger partial charge on any atom is 0.225 e. The van der Waals surface area contributed by atoms with Crippen LogP contribution in [-0.4, -0.2) is 5.91 Å². The minimum atomic E-state index is -0.279. The number of fused-ring (bicyclic) bond motifs is 1. The lowest BCUT2D eigenvalue weighted by molar-refractivity contribution is -0.129. The first-order valence-electron chi connectivity index (χ1n) is 6.62. The molecule has 1 amide bonds. The van der Waals surface area contributed by atoms with Gasteiger partial charge in [-0.2, -0.15) is 0 Å². The van der Waals surface area contributed by atoms with Crippen LogP contribution in [0, 0.1) is 5.41 Å². The van der Waals surface area contributed by atoms with Gasteiger partial charge in [-0.25, -0.2) is 0 Å². The Hall–Kier alpha value is -1.06. The molecule has 1 aliphatic heterocycles. The van der Waals surface area contributed by atoms with Crippen molar-refractivity contribution >= 4 is 18.3 Å². The number of rotatable bonds is 4. The molecule has 0 spiro atoms. The van der Waals surface area contributed by atoms with E-state index in [0.29, 0.717) is 6.54 Å².